The summed E-state index contributed by atoms with van der Waals surface area (Å²) in [4.78, 5) is 12.9. The molecule has 1 aliphatic rings. The highest BCUT2D eigenvalue weighted by Crippen LogP contribution is 2.43. The molecule has 7 nitrogen and oxygen atoms in total. The minimum absolute atomic E-state index is 0.0554. The zero-order chi connectivity index (χ0) is 27.8. The van der Waals surface area contributed by atoms with Crippen molar-refractivity contribution in [1.29, 1.82) is 0 Å². The molecular formula is C23H21BrF6N5O2+. The number of rotatable bonds is 6. The number of allylic oxidation sites excluding steroid dienone is 4. The highest BCUT2D eigenvalue weighted by Gasteiger charge is 2.46. The van der Waals surface area contributed by atoms with E-state index in [2.05, 4.69) is 32.9 Å². The molecule has 0 bridgehead atoms. The van der Waals surface area contributed by atoms with Gasteiger partial charge in [0.1, 0.15) is 12.6 Å². The van der Waals surface area contributed by atoms with Crippen molar-refractivity contribution in [2.75, 3.05) is 12.4 Å². The van der Waals surface area contributed by atoms with Crippen molar-refractivity contribution in [2.24, 2.45) is 12.8 Å². The molecule has 198 valence electrons. The van der Waals surface area contributed by atoms with Gasteiger partial charge in [0, 0.05) is 35.8 Å². The minimum atomic E-state index is -5.09. The summed E-state index contributed by atoms with van der Waals surface area (Å²) in [6, 6.07) is 1.73. The van der Waals surface area contributed by atoms with Gasteiger partial charge < -0.3 is 15.8 Å². The lowest BCUT2D eigenvalue weighted by Gasteiger charge is -2.35. The van der Waals surface area contributed by atoms with E-state index in [0.717, 1.165) is 23.9 Å². The summed E-state index contributed by atoms with van der Waals surface area (Å²) in [5, 5.41) is 5.90. The number of pyridine rings is 1. The van der Waals surface area contributed by atoms with Gasteiger partial charge in [0.15, 0.2) is 11.9 Å². The fraction of sp³-hybridized carbons (Fsp3) is 0.261. The first-order valence-corrected chi connectivity index (χ1v) is 11.2. The van der Waals surface area contributed by atoms with Crippen LogP contribution >= 0.6 is 15.9 Å². The Hall–Kier alpha value is -3.39. The predicted octanol–water partition coefficient (Wildman–Crippen LogP) is 4.93. The number of ether oxygens (including phenoxy) is 1. The van der Waals surface area contributed by atoms with Crippen molar-refractivity contribution in [3.63, 3.8) is 0 Å². The van der Waals surface area contributed by atoms with Crippen molar-refractivity contribution < 1.29 is 40.4 Å². The van der Waals surface area contributed by atoms with Gasteiger partial charge in [-0.1, -0.05) is 18.7 Å². The summed E-state index contributed by atoms with van der Waals surface area (Å²) in [5.74, 6) is -1.31. The molecule has 1 aliphatic carbocycles. The molecule has 1 amide bonds. The van der Waals surface area contributed by atoms with Crippen LogP contribution in [0.25, 0.3) is 5.70 Å². The van der Waals surface area contributed by atoms with Gasteiger partial charge in [0.25, 0.3) is 11.6 Å². The third kappa shape index (κ3) is 5.64. The molecule has 2 heterocycles. The highest BCUT2D eigenvalue weighted by molar-refractivity contribution is 9.11. The Morgan fingerprint density at radius 2 is 2.00 bits per heavy atom. The van der Waals surface area contributed by atoms with Crippen LogP contribution in [-0.4, -0.2) is 28.4 Å². The van der Waals surface area contributed by atoms with Crippen molar-refractivity contribution in [2.45, 2.75) is 24.4 Å². The van der Waals surface area contributed by atoms with E-state index < -0.39 is 40.8 Å². The Bertz CT molecular complexity index is 1330. The molecule has 2 aromatic rings. The van der Waals surface area contributed by atoms with Crippen LogP contribution in [0.3, 0.4) is 0 Å². The van der Waals surface area contributed by atoms with Crippen LogP contribution < -0.4 is 15.6 Å². The van der Waals surface area contributed by atoms with Crippen LogP contribution in [0.5, 0.6) is 0 Å². The van der Waals surface area contributed by atoms with E-state index in [-0.39, 0.29) is 28.0 Å². The lowest BCUT2D eigenvalue weighted by atomic mass is 9.88. The van der Waals surface area contributed by atoms with Gasteiger partial charge in [0.2, 0.25) is 0 Å². The Labute approximate surface area is 215 Å². The zero-order valence-corrected chi connectivity index (χ0v) is 21.0. The molecule has 3 rings (SSSR count). The van der Waals surface area contributed by atoms with Gasteiger partial charge in [0.05, 0.1) is 23.1 Å². The van der Waals surface area contributed by atoms with E-state index in [1.165, 1.54) is 31.4 Å². The third-order valence-corrected chi connectivity index (χ3v) is 6.27. The van der Waals surface area contributed by atoms with Crippen molar-refractivity contribution >= 4 is 33.2 Å². The summed E-state index contributed by atoms with van der Waals surface area (Å²) >= 11 is 3.21. The number of nitrogens with two attached hydrogens (primary N) is 1. The number of aromatic nitrogens is 3. The number of amides is 1. The van der Waals surface area contributed by atoms with Gasteiger partial charge in [-0.3, -0.25) is 4.79 Å². The van der Waals surface area contributed by atoms with Crippen LogP contribution in [0.15, 0.2) is 65.6 Å². The molecule has 0 fully saturated rings. The van der Waals surface area contributed by atoms with Crippen LogP contribution in [0.1, 0.15) is 28.2 Å². The maximum absolute atomic E-state index is 14.3. The van der Waals surface area contributed by atoms with E-state index in [1.54, 1.807) is 0 Å². The number of aryl methyl sites for hydroxylation is 1. The zero-order valence-electron chi connectivity index (χ0n) is 19.4. The SMILES string of the molecule is C=C/C=C\C1(OC)CC(N)=C(Br)C=C1n1ncc(C(=O)Nc2cc[n+](C)c(C(F)(F)F)c2)c1C(F)(F)F. The molecule has 0 radical (unpaired) electrons. The van der Waals surface area contributed by atoms with Crippen molar-refractivity contribution in [3.8, 4) is 0 Å². The van der Waals surface area contributed by atoms with Crippen LogP contribution in [0.4, 0.5) is 32.0 Å². The van der Waals surface area contributed by atoms with E-state index in [4.69, 9.17) is 10.5 Å². The van der Waals surface area contributed by atoms with E-state index in [1.807, 2.05) is 0 Å². The number of methoxy groups -OCH3 is 1. The third-order valence-electron chi connectivity index (χ3n) is 5.53. The number of hydrogen-bond donors (Lipinski definition) is 2. The largest absolute Gasteiger partial charge is 0.477 e. The predicted molar refractivity (Wildman–Crippen MR) is 126 cm³/mol. The molecule has 0 spiro atoms. The van der Waals surface area contributed by atoms with Crippen LogP contribution in [0, 0.1) is 0 Å². The monoisotopic (exact) mass is 592 g/mol. The van der Waals surface area contributed by atoms with Crippen molar-refractivity contribution in [3.05, 3.63) is 82.5 Å². The fourth-order valence-corrected chi connectivity index (χ4v) is 4.10. The summed E-state index contributed by atoms with van der Waals surface area (Å²) in [6.45, 7) is 3.55. The lowest BCUT2D eigenvalue weighted by molar-refractivity contribution is -0.691. The van der Waals surface area contributed by atoms with Gasteiger partial charge >= 0.3 is 12.4 Å². The van der Waals surface area contributed by atoms with Gasteiger partial charge in [-0.2, -0.15) is 36.0 Å². The lowest BCUT2D eigenvalue weighted by Crippen LogP contribution is -2.39. The molecule has 2 aromatic heterocycles. The van der Waals surface area contributed by atoms with E-state index >= 15 is 0 Å². The number of nitrogens with zero attached hydrogens (tertiary/aromatic N) is 3. The first-order valence-electron chi connectivity index (χ1n) is 10.4. The number of hydrogen-bond acceptors (Lipinski definition) is 4. The molecule has 0 saturated carbocycles. The Morgan fingerprint density at radius 1 is 1.32 bits per heavy atom. The average molecular weight is 593 g/mol. The second-order valence-corrected chi connectivity index (χ2v) is 8.80. The molecule has 1 atom stereocenters. The first kappa shape index (κ1) is 28.2. The summed E-state index contributed by atoms with van der Waals surface area (Å²) in [5.41, 5.74) is 0.834. The molecule has 14 heteroatoms. The highest BCUT2D eigenvalue weighted by atomic mass is 79.9. The van der Waals surface area contributed by atoms with Crippen LogP contribution in [0.2, 0.25) is 0 Å². The number of carbonyl (C=O) groups excluding carboxylic acids is 1. The topological polar surface area (TPSA) is 86.0 Å². The number of anilines is 1. The second-order valence-electron chi connectivity index (χ2n) is 7.95. The van der Waals surface area contributed by atoms with Crippen LogP contribution in [-0.2, 0) is 24.1 Å². The maximum Gasteiger partial charge on any atom is 0.477 e. The number of alkyl halides is 6. The molecule has 0 saturated heterocycles. The molecule has 1 unspecified atom stereocenters. The van der Waals surface area contributed by atoms with E-state index in [9.17, 15) is 31.1 Å². The van der Waals surface area contributed by atoms with Gasteiger partial charge in [-0.25, -0.2) is 4.68 Å². The molecule has 3 N–H and O–H groups in total. The Morgan fingerprint density at radius 3 is 2.57 bits per heavy atom. The number of carbonyl (C=O) groups is 1. The minimum Gasteiger partial charge on any atom is -0.401 e. The number of halogens is 7. The average Bonchev–Trinajstić information content (AvgIpc) is 3.26. The summed E-state index contributed by atoms with van der Waals surface area (Å²) in [6.07, 6.45) is -2.62. The normalized spacial score (nSPS) is 18.8. The maximum atomic E-state index is 14.3. The Balaban J connectivity index is 2.15. The molecule has 0 aromatic carbocycles. The second kappa shape index (κ2) is 10.2. The smallest absolute Gasteiger partial charge is 0.401 e. The van der Waals surface area contributed by atoms with E-state index in [0.29, 0.717) is 16.9 Å². The van der Waals surface area contributed by atoms with Crippen molar-refractivity contribution in [1.82, 2.24) is 9.78 Å². The fourth-order valence-electron chi connectivity index (χ4n) is 3.74. The number of nitrogens with one attached hydrogen (secondary N) is 1. The molecular weight excluding hydrogens is 572 g/mol. The van der Waals surface area contributed by atoms with Gasteiger partial charge in [-0.15, -0.1) is 0 Å². The quantitative estimate of drug-likeness (QED) is 0.283. The summed E-state index contributed by atoms with van der Waals surface area (Å²) < 4.78 is 89.8. The first-order chi connectivity index (χ1) is 17.1. The Kier molecular flexibility index (Phi) is 7.75. The molecule has 0 aliphatic heterocycles. The standard InChI is InChI=1S/C23H20BrF6N5O2/c1-4-5-7-21(37-3)11-16(31)15(24)10-17(21)35-19(23(28,29)30)14(12-32-35)20(36)33-13-6-8-34(2)18(9-13)22(25,26)27/h4-10,12H,1,11,31H2,2-3H3/p+1/b7-5-. The summed E-state index contributed by atoms with van der Waals surface area (Å²) in [7, 11) is 2.41. The van der Waals surface area contributed by atoms with Gasteiger partial charge in [-0.05, 0) is 28.1 Å². The molecule has 37 heavy (non-hydrogen) atoms.